The molecule has 0 amide bonds. The van der Waals surface area contributed by atoms with Gasteiger partial charge in [-0.25, -0.2) is 0 Å². The van der Waals surface area contributed by atoms with Gasteiger partial charge in [0.15, 0.2) is 5.16 Å². The van der Waals surface area contributed by atoms with Crippen molar-refractivity contribution in [3.05, 3.63) is 53.3 Å². The largest absolute Gasteiger partial charge is 0.495 e. The number of para-hydroxylation sites is 2. The third kappa shape index (κ3) is 2.85. The van der Waals surface area contributed by atoms with E-state index >= 15 is 0 Å². The molecule has 0 atom stereocenters. The average Bonchev–Trinajstić information content (AvgIpc) is 2.44. The Morgan fingerprint density at radius 2 is 2.25 bits per heavy atom. The molecule has 0 spiro atoms. The van der Waals surface area contributed by atoms with Crippen LogP contribution in [0.1, 0.15) is 0 Å². The first kappa shape index (κ1) is 14.2. The molecule has 0 aliphatic carbocycles. The van der Waals surface area contributed by atoms with E-state index in [4.69, 9.17) is 4.74 Å². The average molecular weight is 290 g/mol. The first-order chi connectivity index (χ1) is 9.67. The van der Waals surface area contributed by atoms with Crippen LogP contribution >= 0.6 is 11.8 Å². The van der Waals surface area contributed by atoms with E-state index in [1.807, 2.05) is 6.07 Å². The van der Waals surface area contributed by atoms with Gasteiger partial charge in [0.1, 0.15) is 5.75 Å². The Labute approximate surface area is 120 Å². The van der Waals surface area contributed by atoms with E-state index in [2.05, 4.69) is 11.6 Å². The van der Waals surface area contributed by atoms with Crippen LogP contribution in [0.15, 0.2) is 52.9 Å². The van der Waals surface area contributed by atoms with Gasteiger partial charge in [0.05, 0.1) is 18.9 Å². The zero-order valence-corrected chi connectivity index (χ0v) is 11.8. The maximum Gasteiger partial charge on any atom is 0.262 e. The lowest BCUT2D eigenvalue weighted by molar-refractivity contribution is 0.409. The van der Waals surface area contributed by atoms with Gasteiger partial charge in [-0.3, -0.25) is 9.36 Å². The van der Waals surface area contributed by atoms with Crippen LogP contribution in [0.2, 0.25) is 0 Å². The molecule has 0 fully saturated rings. The van der Waals surface area contributed by atoms with Crippen LogP contribution in [-0.2, 0) is 0 Å². The first-order valence-corrected chi connectivity index (χ1v) is 6.86. The molecule has 6 heteroatoms. The van der Waals surface area contributed by atoms with Gasteiger partial charge in [0, 0.05) is 5.75 Å². The van der Waals surface area contributed by atoms with Gasteiger partial charge >= 0.3 is 0 Å². The molecule has 2 aromatic rings. The van der Waals surface area contributed by atoms with Crippen LogP contribution in [0.5, 0.6) is 11.6 Å². The Kier molecular flexibility index (Phi) is 4.47. The normalized spacial score (nSPS) is 10.2. The molecule has 0 aliphatic rings. The summed E-state index contributed by atoms with van der Waals surface area (Å²) in [5.74, 6) is 0.834. The number of aromatic hydroxyl groups is 1. The van der Waals surface area contributed by atoms with Gasteiger partial charge in [-0.15, -0.1) is 6.58 Å². The number of methoxy groups -OCH3 is 1. The third-order valence-electron chi connectivity index (χ3n) is 2.53. The van der Waals surface area contributed by atoms with Crippen molar-refractivity contribution in [2.24, 2.45) is 0 Å². The Morgan fingerprint density at radius 1 is 1.50 bits per heavy atom. The molecule has 20 heavy (non-hydrogen) atoms. The van der Waals surface area contributed by atoms with Crippen molar-refractivity contribution in [1.29, 1.82) is 0 Å². The molecule has 5 nitrogen and oxygen atoms in total. The molecule has 1 heterocycles. The molecule has 104 valence electrons. The molecule has 1 N–H and O–H groups in total. The molecule has 1 aromatic heterocycles. The predicted molar refractivity (Wildman–Crippen MR) is 79.0 cm³/mol. The smallest absolute Gasteiger partial charge is 0.262 e. The van der Waals surface area contributed by atoms with E-state index in [0.717, 1.165) is 6.07 Å². The summed E-state index contributed by atoms with van der Waals surface area (Å²) >= 11 is 1.31. The molecule has 1 aromatic carbocycles. The van der Waals surface area contributed by atoms with Gasteiger partial charge in [0.2, 0.25) is 5.88 Å². The van der Waals surface area contributed by atoms with Crippen molar-refractivity contribution in [3.63, 3.8) is 0 Å². The van der Waals surface area contributed by atoms with Crippen LogP contribution in [0, 0.1) is 0 Å². The van der Waals surface area contributed by atoms with Crippen molar-refractivity contribution < 1.29 is 9.84 Å². The lowest BCUT2D eigenvalue weighted by Crippen LogP contribution is -2.20. The zero-order chi connectivity index (χ0) is 14.5. The third-order valence-corrected chi connectivity index (χ3v) is 3.47. The summed E-state index contributed by atoms with van der Waals surface area (Å²) in [5.41, 5.74) is 0.215. The second kappa shape index (κ2) is 6.29. The summed E-state index contributed by atoms with van der Waals surface area (Å²) in [5, 5.41) is 9.88. The van der Waals surface area contributed by atoms with Gasteiger partial charge < -0.3 is 9.84 Å². The molecular formula is C14H14N2O3S. The van der Waals surface area contributed by atoms with Gasteiger partial charge in [-0.05, 0) is 12.1 Å². The van der Waals surface area contributed by atoms with Crippen LogP contribution in [0.4, 0.5) is 0 Å². The second-order valence-electron chi connectivity index (χ2n) is 3.84. The van der Waals surface area contributed by atoms with Crippen molar-refractivity contribution >= 4 is 11.8 Å². The summed E-state index contributed by atoms with van der Waals surface area (Å²) in [6.07, 6.45) is 1.70. The fourth-order valence-electron chi connectivity index (χ4n) is 1.72. The summed E-state index contributed by atoms with van der Waals surface area (Å²) in [7, 11) is 1.54. The zero-order valence-electron chi connectivity index (χ0n) is 10.9. The highest BCUT2D eigenvalue weighted by atomic mass is 32.2. The van der Waals surface area contributed by atoms with Crippen LogP contribution < -0.4 is 10.3 Å². The summed E-state index contributed by atoms with van der Waals surface area (Å²) < 4.78 is 6.67. The van der Waals surface area contributed by atoms with Crippen LogP contribution in [0.25, 0.3) is 5.69 Å². The molecule has 2 rings (SSSR count). The van der Waals surface area contributed by atoms with E-state index in [0.29, 0.717) is 22.3 Å². The lowest BCUT2D eigenvalue weighted by atomic mass is 10.3. The van der Waals surface area contributed by atoms with Gasteiger partial charge in [-0.1, -0.05) is 30.0 Å². The number of hydrogen-bond acceptors (Lipinski definition) is 5. The van der Waals surface area contributed by atoms with Crippen molar-refractivity contribution in [2.75, 3.05) is 12.9 Å². The number of thioether (sulfide) groups is 1. The maximum atomic E-state index is 12.2. The van der Waals surface area contributed by atoms with Crippen LogP contribution in [0.3, 0.4) is 0 Å². The number of hydrogen-bond donors (Lipinski definition) is 1. The Balaban J connectivity index is 2.65. The standard InChI is InChI=1S/C14H14N2O3S/c1-3-8-20-14-15-12(17)9-13(18)16(14)10-6-4-5-7-11(10)19-2/h3-7,9,17H,1,8H2,2H3. The van der Waals surface area contributed by atoms with E-state index in [1.165, 1.54) is 23.4 Å². The van der Waals surface area contributed by atoms with Gasteiger partial charge in [-0.2, -0.15) is 4.98 Å². The van der Waals surface area contributed by atoms with Gasteiger partial charge in [0.25, 0.3) is 5.56 Å². The molecule has 0 saturated heterocycles. The Bertz CT molecular complexity index is 682. The van der Waals surface area contributed by atoms with Crippen molar-refractivity contribution in [3.8, 4) is 17.3 Å². The van der Waals surface area contributed by atoms with E-state index < -0.39 is 0 Å². The minimum atomic E-state index is -0.367. The number of benzene rings is 1. The molecule has 0 bridgehead atoms. The molecule has 0 unspecified atom stereocenters. The SMILES string of the molecule is C=CCSc1nc(O)cc(=O)n1-c1ccccc1OC. The minimum absolute atomic E-state index is 0.298. The fourth-order valence-corrected chi connectivity index (χ4v) is 2.46. The number of aromatic nitrogens is 2. The quantitative estimate of drug-likeness (QED) is 0.519. The number of ether oxygens (including phenoxy) is 1. The Morgan fingerprint density at radius 3 is 2.95 bits per heavy atom. The fraction of sp³-hybridized carbons (Fsp3) is 0.143. The summed E-state index contributed by atoms with van der Waals surface area (Å²) in [4.78, 5) is 16.2. The van der Waals surface area contributed by atoms with Crippen LogP contribution in [-0.4, -0.2) is 27.5 Å². The van der Waals surface area contributed by atoms with E-state index in [9.17, 15) is 9.90 Å². The highest BCUT2D eigenvalue weighted by Gasteiger charge is 2.13. The highest BCUT2D eigenvalue weighted by molar-refractivity contribution is 7.99. The second-order valence-corrected chi connectivity index (χ2v) is 4.83. The monoisotopic (exact) mass is 290 g/mol. The molecule has 0 saturated carbocycles. The molecule has 0 radical (unpaired) electrons. The summed E-state index contributed by atoms with van der Waals surface area (Å²) in [6.45, 7) is 3.63. The minimum Gasteiger partial charge on any atom is -0.495 e. The van der Waals surface area contributed by atoms with Crippen molar-refractivity contribution in [1.82, 2.24) is 9.55 Å². The highest BCUT2D eigenvalue weighted by Crippen LogP contribution is 2.26. The predicted octanol–water partition coefficient (Wildman–Crippen LogP) is 2.22. The molecule has 0 aliphatic heterocycles. The van der Waals surface area contributed by atoms with E-state index in [1.54, 1.807) is 24.3 Å². The lowest BCUT2D eigenvalue weighted by Gasteiger charge is -2.14. The van der Waals surface area contributed by atoms with E-state index in [-0.39, 0.29) is 11.4 Å². The summed E-state index contributed by atoms with van der Waals surface area (Å²) in [6, 6.07) is 8.22. The Hall–Kier alpha value is -2.21. The number of nitrogens with zero attached hydrogens (tertiary/aromatic N) is 2. The van der Waals surface area contributed by atoms with Crippen molar-refractivity contribution in [2.45, 2.75) is 5.16 Å². The molecular weight excluding hydrogens is 276 g/mol. The topological polar surface area (TPSA) is 64.4 Å². The first-order valence-electron chi connectivity index (χ1n) is 5.87. The maximum absolute atomic E-state index is 12.2. The number of rotatable bonds is 5.